The van der Waals surface area contributed by atoms with Crippen molar-refractivity contribution in [3.63, 3.8) is 0 Å². The minimum Gasteiger partial charge on any atom is -0.489 e. The van der Waals surface area contributed by atoms with E-state index in [-0.39, 0.29) is 12.0 Å². The fourth-order valence-electron chi connectivity index (χ4n) is 3.39. The molecule has 0 spiro atoms. The highest BCUT2D eigenvalue weighted by atomic mass is 32.1. The number of nitriles is 1. The van der Waals surface area contributed by atoms with Crippen LogP contribution in [0.4, 0.5) is 18.9 Å². The van der Waals surface area contributed by atoms with Crippen LogP contribution in [0.25, 0.3) is 0 Å². The molecule has 7 nitrogen and oxygen atoms in total. The van der Waals surface area contributed by atoms with E-state index in [9.17, 15) is 18.0 Å². The summed E-state index contributed by atoms with van der Waals surface area (Å²) in [6.45, 7) is 2.72. The third-order valence-electron chi connectivity index (χ3n) is 5.12. The van der Waals surface area contributed by atoms with Crippen LogP contribution in [0.5, 0.6) is 5.75 Å². The number of rotatable bonds is 6. The molecule has 0 bridgehead atoms. The first-order valence-electron chi connectivity index (χ1n) is 10.8. The molecule has 1 unspecified atom stereocenters. The van der Waals surface area contributed by atoms with Gasteiger partial charge in [-0.15, -0.1) is 11.3 Å². The van der Waals surface area contributed by atoms with Gasteiger partial charge in [-0.05, 0) is 59.8 Å². The van der Waals surface area contributed by atoms with Crippen molar-refractivity contribution in [3.8, 4) is 11.8 Å². The molecule has 0 radical (unpaired) electrons. The lowest BCUT2D eigenvalue weighted by Crippen LogP contribution is -2.24. The summed E-state index contributed by atoms with van der Waals surface area (Å²) < 4.78 is 37.9. The highest BCUT2D eigenvalue weighted by Gasteiger charge is 2.38. The Morgan fingerprint density at radius 3 is 2.36 bits per heavy atom. The van der Waals surface area contributed by atoms with E-state index in [1.54, 1.807) is 6.07 Å². The maximum absolute atomic E-state index is 12.1. The van der Waals surface area contributed by atoms with E-state index in [0.29, 0.717) is 10.4 Å². The number of carboxylic acid groups (broad SMARTS) is 1. The molecule has 3 aromatic rings. The van der Waals surface area contributed by atoms with Gasteiger partial charge >= 0.3 is 12.1 Å². The smallest absolute Gasteiger partial charge is 0.489 e. The number of anilines is 1. The second kappa shape index (κ2) is 12.2. The molecule has 2 heterocycles. The molecule has 2 aromatic carbocycles. The molecular weight excluding hydrogens is 495 g/mol. The minimum absolute atomic E-state index is 0.0945. The van der Waals surface area contributed by atoms with Gasteiger partial charge in [0.2, 0.25) is 0 Å². The fraction of sp³-hybridized carbons (Fsp3) is 0.240. The summed E-state index contributed by atoms with van der Waals surface area (Å²) in [5.41, 5.74) is 2.64. The molecule has 4 rings (SSSR count). The van der Waals surface area contributed by atoms with Crippen LogP contribution < -0.4 is 10.1 Å². The Morgan fingerprint density at radius 2 is 1.81 bits per heavy atom. The molecule has 1 saturated heterocycles. The van der Waals surface area contributed by atoms with E-state index in [2.05, 4.69) is 16.3 Å². The number of aliphatic carboxylic acids is 1. The van der Waals surface area contributed by atoms with E-state index in [1.807, 2.05) is 60.0 Å². The number of carbonyl (C=O) groups is 2. The van der Waals surface area contributed by atoms with Crippen molar-refractivity contribution in [1.29, 1.82) is 5.26 Å². The van der Waals surface area contributed by atoms with Crippen LogP contribution in [0.15, 0.2) is 66.0 Å². The average molecular weight is 518 g/mol. The molecule has 0 saturated carbocycles. The third kappa shape index (κ3) is 8.11. The molecule has 188 valence electrons. The molecule has 1 aliphatic rings. The third-order valence-corrected chi connectivity index (χ3v) is 5.99. The zero-order valence-electron chi connectivity index (χ0n) is 18.9. The standard InChI is InChI=1S/C23H21N3O2S.C2HF3O2/c24-14-17-3-5-18(6-4-17)15-26-12-11-21(16-26)28-20-9-7-19(8-10-20)25-23(27)22-2-1-13-29-22;3-2(4,5)1(6)7/h1-10,13,21H,11-12,15-16H2,(H,25,27);(H,6,7). The summed E-state index contributed by atoms with van der Waals surface area (Å²) in [6.07, 6.45) is -3.95. The molecule has 11 heteroatoms. The van der Waals surface area contributed by atoms with Gasteiger partial charge in [0.15, 0.2) is 0 Å². The molecular formula is C25H22F3N3O4S. The summed E-state index contributed by atoms with van der Waals surface area (Å²) in [6, 6.07) is 21.1. The Kier molecular flexibility index (Phi) is 9.05. The van der Waals surface area contributed by atoms with E-state index in [0.717, 1.165) is 37.5 Å². The number of ether oxygens (including phenoxy) is 1. The van der Waals surface area contributed by atoms with E-state index < -0.39 is 12.1 Å². The highest BCUT2D eigenvalue weighted by molar-refractivity contribution is 7.12. The number of benzene rings is 2. The second-order valence-electron chi connectivity index (χ2n) is 7.83. The molecule has 1 aromatic heterocycles. The number of likely N-dealkylation sites (tertiary alicyclic amines) is 1. The van der Waals surface area contributed by atoms with Crippen LogP contribution in [-0.2, 0) is 11.3 Å². The minimum atomic E-state index is -5.08. The van der Waals surface area contributed by atoms with Crippen LogP contribution in [0.1, 0.15) is 27.2 Å². The summed E-state index contributed by atoms with van der Waals surface area (Å²) in [4.78, 5) is 24.1. The van der Waals surface area contributed by atoms with Crippen molar-refractivity contribution in [2.24, 2.45) is 0 Å². The first-order chi connectivity index (χ1) is 17.1. The van der Waals surface area contributed by atoms with Crippen LogP contribution in [0.2, 0.25) is 0 Å². The van der Waals surface area contributed by atoms with Gasteiger partial charge in [-0.1, -0.05) is 18.2 Å². The number of carboxylic acids is 1. The van der Waals surface area contributed by atoms with Gasteiger partial charge in [0.1, 0.15) is 11.9 Å². The fourth-order valence-corrected chi connectivity index (χ4v) is 4.01. The number of nitrogens with one attached hydrogen (secondary N) is 1. The van der Waals surface area contributed by atoms with Crippen molar-refractivity contribution in [3.05, 3.63) is 82.0 Å². The highest BCUT2D eigenvalue weighted by Crippen LogP contribution is 2.22. The Morgan fingerprint density at radius 1 is 1.14 bits per heavy atom. The van der Waals surface area contributed by atoms with Crippen molar-refractivity contribution in [2.45, 2.75) is 25.2 Å². The first kappa shape index (κ1) is 26.7. The van der Waals surface area contributed by atoms with Gasteiger partial charge < -0.3 is 15.2 Å². The van der Waals surface area contributed by atoms with Crippen LogP contribution in [-0.4, -0.2) is 47.3 Å². The molecule has 1 fully saturated rings. The topological polar surface area (TPSA) is 103 Å². The number of halogens is 3. The number of nitrogens with zero attached hydrogens (tertiary/aromatic N) is 2. The molecule has 1 aliphatic heterocycles. The molecule has 36 heavy (non-hydrogen) atoms. The van der Waals surface area contributed by atoms with Crippen LogP contribution in [0.3, 0.4) is 0 Å². The summed E-state index contributed by atoms with van der Waals surface area (Å²) in [5, 5.41) is 20.8. The summed E-state index contributed by atoms with van der Waals surface area (Å²) in [5.74, 6) is -2.04. The molecule has 1 amide bonds. The SMILES string of the molecule is N#Cc1ccc(CN2CCC(Oc3ccc(NC(=O)c4cccs4)cc3)C2)cc1.O=C(O)C(F)(F)F. The maximum Gasteiger partial charge on any atom is 0.490 e. The molecule has 2 N–H and O–H groups in total. The second-order valence-corrected chi connectivity index (χ2v) is 8.78. The number of carbonyl (C=O) groups excluding carboxylic acids is 1. The molecule has 0 aliphatic carbocycles. The number of amides is 1. The lowest BCUT2D eigenvalue weighted by Gasteiger charge is -2.17. The number of hydrogen-bond acceptors (Lipinski definition) is 6. The quantitative estimate of drug-likeness (QED) is 0.468. The van der Waals surface area contributed by atoms with Crippen molar-refractivity contribution >= 4 is 28.9 Å². The van der Waals surface area contributed by atoms with E-state index >= 15 is 0 Å². The number of hydrogen-bond donors (Lipinski definition) is 2. The van der Waals surface area contributed by atoms with Crippen LogP contribution >= 0.6 is 11.3 Å². The predicted molar refractivity (Wildman–Crippen MR) is 128 cm³/mol. The monoisotopic (exact) mass is 517 g/mol. The van der Waals surface area contributed by atoms with Crippen molar-refractivity contribution < 1.29 is 32.6 Å². The lowest BCUT2D eigenvalue weighted by molar-refractivity contribution is -0.192. The van der Waals surface area contributed by atoms with E-state index in [4.69, 9.17) is 19.9 Å². The van der Waals surface area contributed by atoms with Crippen LogP contribution in [0, 0.1) is 11.3 Å². The predicted octanol–water partition coefficient (Wildman–Crippen LogP) is 5.16. The van der Waals surface area contributed by atoms with Gasteiger partial charge in [0.25, 0.3) is 5.91 Å². The summed E-state index contributed by atoms with van der Waals surface area (Å²) in [7, 11) is 0. The normalized spacial score (nSPS) is 15.3. The van der Waals surface area contributed by atoms with Crippen molar-refractivity contribution in [2.75, 3.05) is 18.4 Å². The van der Waals surface area contributed by atoms with Gasteiger partial charge in [0.05, 0.1) is 16.5 Å². The largest absolute Gasteiger partial charge is 0.490 e. The van der Waals surface area contributed by atoms with Gasteiger partial charge in [-0.25, -0.2) is 4.79 Å². The zero-order valence-corrected chi connectivity index (χ0v) is 19.7. The first-order valence-corrected chi connectivity index (χ1v) is 11.6. The lowest BCUT2D eigenvalue weighted by atomic mass is 10.1. The zero-order chi connectivity index (χ0) is 26.1. The Bertz CT molecular complexity index is 1190. The Hall–Kier alpha value is -3.88. The molecule has 1 atom stereocenters. The van der Waals surface area contributed by atoms with Gasteiger partial charge in [-0.2, -0.15) is 18.4 Å². The maximum atomic E-state index is 12.1. The summed E-state index contributed by atoms with van der Waals surface area (Å²) >= 11 is 1.42. The van der Waals surface area contributed by atoms with Gasteiger partial charge in [-0.3, -0.25) is 9.69 Å². The van der Waals surface area contributed by atoms with Gasteiger partial charge in [0, 0.05) is 25.3 Å². The number of thiophene rings is 1. The Labute approximate surface area is 209 Å². The number of alkyl halides is 3. The average Bonchev–Trinajstić information content (AvgIpc) is 3.53. The Balaban J connectivity index is 0.000000454. The van der Waals surface area contributed by atoms with Crippen molar-refractivity contribution in [1.82, 2.24) is 4.90 Å². The van der Waals surface area contributed by atoms with E-state index in [1.165, 1.54) is 16.9 Å².